The van der Waals surface area contributed by atoms with Gasteiger partial charge in [0.2, 0.25) is 0 Å². The van der Waals surface area contributed by atoms with Gasteiger partial charge in [0.25, 0.3) is 11.8 Å². The van der Waals surface area contributed by atoms with Crippen LogP contribution in [0.15, 0.2) is 91.4 Å². The first-order chi connectivity index (χ1) is 15.1. The number of halogens is 1. The molecule has 4 aromatic rings. The second-order valence-electron chi connectivity index (χ2n) is 6.64. The smallest absolute Gasteiger partial charge is 0.255 e. The van der Waals surface area contributed by atoms with Gasteiger partial charge in [0.15, 0.2) is 0 Å². The van der Waals surface area contributed by atoms with Crippen molar-refractivity contribution in [2.24, 2.45) is 0 Å². The topological polar surface area (TPSA) is 84.0 Å². The van der Waals surface area contributed by atoms with Gasteiger partial charge in [-0.1, -0.05) is 17.7 Å². The normalized spacial score (nSPS) is 10.4. The quantitative estimate of drug-likeness (QED) is 0.451. The Morgan fingerprint density at radius 1 is 0.742 bits per heavy atom. The van der Waals surface area contributed by atoms with Crippen molar-refractivity contribution >= 4 is 34.8 Å². The molecule has 0 fully saturated rings. The molecule has 2 aromatic carbocycles. The average molecular weight is 429 g/mol. The molecule has 6 nitrogen and oxygen atoms in total. The molecule has 2 amide bonds. The van der Waals surface area contributed by atoms with Gasteiger partial charge in [-0.2, -0.15) is 0 Å². The number of aromatic nitrogens is 2. The fraction of sp³-hybridized carbons (Fsp3) is 0. The fourth-order valence-electron chi connectivity index (χ4n) is 2.94. The van der Waals surface area contributed by atoms with Gasteiger partial charge < -0.3 is 10.6 Å². The molecule has 0 unspecified atom stereocenters. The summed E-state index contributed by atoms with van der Waals surface area (Å²) in [5.41, 5.74) is 3.49. The van der Waals surface area contributed by atoms with E-state index in [1.165, 1.54) is 0 Å². The average Bonchev–Trinajstić information content (AvgIpc) is 2.81. The number of carbonyl (C=O) groups is 2. The Hall–Kier alpha value is -4.03. The molecule has 2 N–H and O–H groups in total. The highest BCUT2D eigenvalue weighted by Crippen LogP contribution is 2.29. The van der Waals surface area contributed by atoms with E-state index in [1.54, 1.807) is 73.2 Å². The van der Waals surface area contributed by atoms with Gasteiger partial charge in [0, 0.05) is 34.8 Å². The van der Waals surface area contributed by atoms with Gasteiger partial charge in [-0.25, -0.2) is 0 Å². The minimum absolute atomic E-state index is 0.280. The molecule has 2 heterocycles. The van der Waals surface area contributed by atoms with Crippen LogP contribution in [0.3, 0.4) is 0 Å². The predicted octanol–water partition coefficient (Wildman–Crippen LogP) is 5.30. The van der Waals surface area contributed by atoms with E-state index >= 15 is 0 Å². The third-order valence-corrected chi connectivity index (χ3v) is 4.82. The van der Waals surface area contributed by atoms with E-state index < -0.39 is 0 Å². The molecule has 152 valence electrons. The molecule has 0 saturated heterocycles. The van der Waals surface area contributed by atoms with E-state index in [0.717, 1.165) is 5.56 Å². The van der Waals surface area contributed by atoms with E-state index in [-0.39, 0.29) is 11.8 Å². The Labute approximate surface area is 183 Å². The SMILES string of the molecule is O=C(Nc1cccnc1)c1ccc(C(=O)Nc2ccc(Cl)c(-c3ccccn3)c2)cc1. The zero-order valence-electron chi connectivity index (χ0n) is 16.2. The van der Waals surface area contributed by atoms with Crippen molar-refractivity contribution in [2.75, 3.05) is 10.6 Å². The van der Waals surface area contributed by atoms with Crippen molar-refractivity contribution in [1.82, 2.24) is 9.97 Å². The maximum absolute atomic E-state index is 12.7. The minimum Gasteiger partial charge on any atom is -0.322 e. The second kappa shape index (κ2) is 9.19. The van der Waals surface area contributed by atoms with Crippen LogP contribution in [0.25, 0.3) is 11.3 Å². The number of rotatable bonds is 5. The number of benzene rings is 2. The first kappa shape index (κ1) is 20.3. The maximum Gasteiger partial charge on any atom is 0.255 e. The monoisotopic (exact) mass is 428 g/mol. The molecule has 0 saturated carbocycles. The lowest BCUT2D eigenvalue weighted by molar-refractivity contribution is 0.101. The molecule has 0 aliphatic heterocycles. The molecular weight excluding hydrogens is 412 g/mol. The lowest BCUT2D eigenvalue weighted by atomic mass is 10.1. The van der Waals surface area contributed by atoms with Crippen molar-refractivity contribution in [3.63, 3.8) is 0 Å². The zero-order valence-corrected chi connectivity index (χ0v) is 17.0. The Kier molecular flexibility index (Phi) is 6.01. The van der Waals surface area contributed by atoms with Crippen molar-refractivity contribution in [3.05, 3.63) is 108 Å². The largest absolute Gasteiger partial charge is 0.322 e. The van der Waals surface area contributed by atoms with Crippen molar-refractivity contribution in [1.29, 1.82) is 0 Å². The van der Waals surface area contributed by atoms with Crippen LogP contribution < -0.4 is 10.6 Å². The Balaban J connectivity index is 1.46. The van der Waals surface area contributed by atoms with Gasteiger partial charge in [0.05, 0.1) is 22.6 Å². The number of nitrogens with one attached hydrogen (secondary N) is 2. The first-order valence-electron chi connectivity index (χ1n) is 9.44. The number of anilines is 2. The standard InChI is InChI=1S/C24H17ClN4O2/c25-21-11-10-18(14-20(21)22-5-1-2-13-27-22)28-23(30)16-6-8-17(9-7-16)24(31)29-19-4-3-12-26-15-19/h1-15H,(H,28,30)(H,29,31). The van der Waals surface area contributed by atoms with Crippen LogP contribution in [-0.4, -0.2) is 21.8 Å². The molecule has 0 spiro atoms. The molecule has 31 heavy (non-hydrogen) atoms. The summed E-state index contributed by atoms with van der Waals surface area (Å²) in [6.07, 6.45) is 4.87. The van der Waals surface area contributed by atoms with E-state index in [4.69, 9.17) is 11.6 Å². The lowest BCUT2D eigenvalue weighted by Gasteiger charge is -2.10. The van der Waals surface area contributed by atoms with Crippen molar-refractivity contribution in [3.8, 4) is 11.3 Å². The number of amides is 2. The Bertz CT molecular complexity index is 1210. The summed E-state index contributed by atoms with van der Waals surface area (Å²) < 4.78 is 0. The highest BCUT2D eigenvalue weighted by atomic mass is 35.5. The summed E-state index contributed by atoms with van der Waals surface area (Å²) in [6.45, 7) is 0. The summed E-state index contributed by atoms with van der Waals surface area (Å²) in [4.78, 5) is 33.2. The number of nitrogens with zero attached hydrogens (tertiary/aromatic N) is 2. The van der Waals surface area contributed by atoms with Crippen LogP contribution >= 0.6 is 11.6 Å². The second-order valence-corrected chi connectivity index (χ2v) is 7.04. The van der Waals surface area contributed by atoms with E-state index in [2.05, 4.69) is 20.6 Å². The molecule has 0 radical (unpaired) electrons. The van der Waals surface area contributed by atoms with Crippen molar-refractivity contribution in [2.45, 2.75) is 0 Å². The van der Waals surface area contributed by atoms with Gasteiger partial charge in [-0.05, 0) is 66.7 Å². The van der Waals surface area contributed by atoms with Gasteiger partial charge >= 0.3 is 0 Å². The van der Waals surface area contributed by atoms with Crippen LogP contribution in [0, 0.1) is 0 Å². The van der Waals surface area contributed by atoms with Crippen LogP contribution in [0.1, 0.15) is 20.7 Å². The molecule has 0 atom stereocenters. The fourth-order valence-corrected chi connectivity index (χ4v) is 3.15. The van der Waals surface area contributed by atoms with Gasteiger partial charge in [-0.3, -0.25) is 19.6 Å². The molecule has 0 aliphatic rings. The van der Waals surface area contributed by atoms with Crippen LogP contribution in [0.4, 0.5) is 11.4 Å². The number of carbonyl (C=O) groups excluding carboxylic acids is 2. The van der Waals surface area contributed by atoms with Gasteiger partial charge in [0.1, 0.15) is 0 Å². The predicted molar refractivity (Wildman–Crippen MR) is 121 cm³/mol. The van der Waals surface area contributed by atoms with Crippen LogP contribution in [0.5, 0.6) is 0 Å². The van der Waals surface area contributed by atoms with Crippen molar-refractivity contribution < 1.29 is 9.59 Å². The summed E-state index contributed by atoms with van der Waals surface area (Å²) >= 11 is 6.29. The highest BCUT2D eigenvalue weighted by molar-refractivity contribution is 6.33. The molecule has 0 aliphatic carbocycles. The number of hydrogen-bond donors (Lipinski definition) is 2. The molecule has 2 aromatic heterocycles. The lowest BCUT2D eigenvalue weighted by Crippen LogP contribution is -2.14. The summed E-state index contributed by atoms with van der Waals surface area (Å²) in [7, 11) is 0. The number of hydrogen-bond acceptors (Lipinski definition) is 4. The maximum atomic E-state index is 12.7. The number of pyridine rings is 2. The Morgan fingerprint density at radius 2 is 1.45 bits per heavy atom. The Morgan fingerprint density at radius 3 is 2.06 bits per heavy atom. The zero-order chi connectivity index (χ0) is 21.6. The third-order valence-electron chi connectivity index (χ3n) is 4.49. The third kappa shape index (κ3) is 4.94. The summed E-state index contributed by atoms with van der Waals surface area (Å²) in [5, 5.41) is 6.15. The molecular formula is C24H17ClN4O2. The summed E-state index contributed by atoms with van der Waals surface area (Å²) in [5.74, 6) is -0.578. The van der Waals surface area contributed by atoms with E-state index in [1.807, 2.05) is 18.2 Å². The van der Waals surface area contributed by atoms with E-state index in [0.29, 0.717) is 33.2 Å². The van der Waals surface area contributed by atoms with E-state index in [9.17, 15) is 9.59 Å². The van der Waals surface area contributed by atoms with Gasteiger partial charge in [-0.15, -0.1) is 0 Å². The molecule has 4 rings (SSSR count). The highest BCUT2D eigenvalue weighted by Gasteiger charge is 2.12. The van der Waals surface area contributed by atoms with Crippen LogP contribution in [0.2, 0.25) is 5.02 Å². The van der Waals surface area contributed by atoms with Crippen LogP contribution in [-0.2, 0) is 0 Å². The minimum atomic E-state index is -0.298. The molecule has 0 bridgehead atoms. The first-order valence-corrected chi connectivity index (χ1v) is 9.82. The molecule has 7 heteroatoms. The summed E-state index contributed by atoms with van der Waals surface area (Å²) in [6, 6.07) is 20.6.